The predicted molar refractivity (Wildman–Crippen MR) is 163 cm³/mol. The molecule has 0 atom stereocenters. The normalized spacial score (nSPS) is 13.6. The first-order valence-electron chi connectivity index (χ1n) is 13.5. The van der Waals surface area contributed by atoms with Crippen molar-refractivity contribution in [3.63, 3.8) is 0 Å². The van der Waals surface area contributed by atoms with Crippen LogP contribution in [0, 0.1) is 0 Å². The van der Waals surface area contributed by atoms with E-state index in [1.807, 2.05) is 30.6 Å². The van der Waals surface area contributed by atoms with Gasteiger partial charge in [-0.2, -0.15) is 0 Å². The molecule has 1 aliphatic carbocycles. The highest BCUT2D eigenvalue weighted by Gasteiger charge is 2.40. The fourth-order valence-corrected chi connectivity index (χ4v) is 6.81. The summed E-state index contributed by atoms with van der Waals surface area (Å²) in [4.78, 5) is 9.20. The van der Waals surface area contributed by atoms with Crippen molar-refractivity contribution < 1.29 is 0 Å². The molecule has 5 aromatic carbocycles. The van der Waals surface area contributed by atoms with E-state index in [1.165, 1.54) is 60.1 Å². The maximum atomic E-state index is 4.65. The molecule has 0 saturated carbocycles. The zero-order valence-electron chi connectivity index (χ0n) is 21.9. The van der Waals surface area contributed by atoms with Crippen molar-refractivity contribution in [2.24, 2.45) is 0 Å². The maximum absolute atomic E-state index is 4.65. The molecule has 2 aromatic heterocycles. The second-order valence-corrected chi connectivity index (χ2v) is 11.0. The predicted octanol–water partition coefficient (Wildman–Crippen LogP) is 9.58. The number of pyridine rings is 2. The lowest BCUT2D eigenvalue weighted by Gasteiger charge is -2.25. The monoisotopic (exact) mass is 498 g/mol. The minimum Gasteiger partial charge on any atom is -0.255 e. The molecule has 0 aliphatic heterocycles. The molecule has 0 spiro atoms. The van der Waals surface area contributed by atoms with Crippen LogP contribution >= 0.6 is 0 Å². The molecule has 0 bridgehead atoms. The van der Waals surface area contributed by atoms with Gasteiger partial charge in [-0.3, -0.25) is 9.97 Å². The van der Waals surface area contributed by atoms with Crippen LogP contribution in [0.3, 0.4) is 0 Å². The van der Waals surface area contributed by atoms with Crippen LogP contribution in [0.5, 0.6) is 0 Å². The molecule has 0 unspecified atom stereocenters. The molecule has 0 fully saturated rings. The van der Waals surface area contributed by atoms with Gasteiger partial charge in [0.1, 0.15) is 0 Å². The zero-order chi connectivity index (χ0) is 26.1. The van der Waals surface area contributed by atoms with E-state index in [0.29, 0.717) is 0 Å². The lowest BCUT2D eigenvalue weighted by molar-refractivity contribution is 0.667. The Morgan fingerprint density at radius 2 is 1.08 bits per heavy atom. The molecule has 7 aromatic rings. The molecular formula is C37H26N2. The summed E-state index contributed by atoms with van der Waals surface area (Å²) in [5, 5.41) is 7.88. The second-order valence-electron chi connectivity index (χ2n) is 11.0. The van der Waals surface area contributed by atoms with Gasteiger partial charge in [-0.05, 0) is 96.0 Å². The summed E-state index contributed by atoms with van der Waals surface area (Å²) in [5.74, 6) is 0. The highest BCUT2D eigenvalue weighted by atomic mass is 14.8. The standard InChI is InChI=1S/C37H26N2/c1-37(2)31-22-30(23-18-20-39-33(21-23)32-17-9-10-19-38-32)26-13-4-6-14-27(26)34(31)35-28-15-7-3-11-24(28)25-12-5-8-16-29(25)36(35)37/h3-22H,1-2H3. The van der Waals surface area contributed by atoms with Crippen molar-refractivity contribution in [3.8, 4) is 33.6 Å². The van der Waals surface area contributed by atoms with Crippen LogP contribution in [0.2, 0.25) is 0 Å². The quantitative estimate of drug-likeness (QED) is 0.222. The van der Waals surface area contributed by atoms with Crippen LogP contribution in [-0.2, 0) is 5.41 Å². The first-order valence-corrected chi connectivity index (χ1v) is 13.5. The van der Waals surface area contributed by atoms with Gasteiger partial charge in [0.15, 0.2) is 0 Å². The summed E-state index contributed by atoms with van der Waals surface area (Å²) in [5.41, 5.74) is 9.56. The van der Waals surface area contributed by atoms with Crippen molar-refractivity contribution >= 4 is 32.3 Å². The van der Waals surface area contributed by atoms with Crippen LogP contribution in [0.1, 0.15) is 25.0 Å². The van der Waals surface area contributed by atoms with Crippen LogP contribution in [-0.4, -0.2) is 9.97 Å². The van der Waals surface area contributed by atoms with Gasteiger partial charge < -0.3 is 0 Å². The largest absolute Gasteiger partial charge is 0.255 e. The minimum atomic E-state index is -0.163. The molecule has 0 amide bonds. The summed E-state index contributed by atoms with van der Waals surface area (Å²) in [6.45, 7) is 4.78. The molecule has 0 N–H and O–H groups in total. The summed E-state index contributed by atoms with van der Waals surface area (Å²) in [7, 11) is 0. The van der Waals surface area contributed by atoms with E-state index >= 15 is 0 Å². The summed E-state index contributed by atoms with van der Waals surface area (Å²) in [6, 6.07) is 39.4. The van der Waals surface area contributed by atoms with E-state index in [0.717, 1.165) is 17.0 Å². The van der Waals surface area contributed by atoms with Crippen molar-refractivity contribution in [2.75, 3.05) is 0 Å². The summed E-state index contributed by atoms with van der Waals surface area (Å²) in [6.07, 6.45) is 3.73. The Morgan fingerprint density at radius 1 is 0.487 bits per heavy atom. The Bertz CT molecular complexity index is 2090. The van der Waals surface area contributed by atoms with E-state index in [2.05, 4.69) is 115 Å². The number of benzene rings is 5. The first kappa shape index (κ1) is 22.2. The topological polar surface area (TPSA) is 25.8 Å². The molecule has 39 heavy (non-hydrogen) atoms. The first-order chi connectivity index (χ1) is 19.1. The molecule has 0 radical (unpaired) electrons. The summed E-state index contributed by atoms with van der Waals surface area (Å²) < 4.78 is 0. The van der Waals surface area contributed by atoms with Gasteiger partial charge in [0.2, 0.25) is 0 Å². The zero-order valence-corrected chi connectivity index (χ0v) is 21.9. The van der Waals surface area contributed by atoms with E-state index in [-0.39, 0.29) is 5.41 Å². The lowest BCUT2D eigenvalue weighted by atomic mass is 9.78. The Morgan fingerprint density at radius 3 is 1.79 bits per heavy atom. The lowest BCUT2D eigenvalue weighted by Crippen LogP contribution is -2.16. The number of hydrogen-bond donors (Lipinski definition) is 0. The van der Waals surface area contributed by atoms with Gasteiger partial charge in [0.25, 0.3) is 0 Å². The van der Waals surface area contributed by atoms with Crippen molar-refractivity contribution in [3.05, 3.63) is 133 Å². The fraction of sp³-hybridized carbons (Fsp3) is 0.0811. The molecule has 2 heterocycles. The Kier molecular flexibility index (Phi) is 4.60. The molecule has 2 nitrogen and oxygen atoms in total. The Balaban J connectivity index is 1.49. The van der Waals surface area contributed by atoms with Crippen molar-refractivity contribution in [2.45, 2.75) is 19.3 Å². The second kappa shape index (κ2) is 8.09. The third kappa shape index (κ3) is 3.09. The van der Waals surface area contributed by atoms with E-state index in [1.54, 1.807) is 0 Å². The number of nitrogens with zero attached hydrogens (tertiary/aromatic N) is 2. The van der Waals surface area contributed by atoms with Crippen molar-refractivity contribution in [1.29, 1.82) is 0 Å². The van der Waals surface area contributed by atoms with E-state index in [9.17, 15) is 0 Å². The average molecular weight is 499 g/mol. The van der Waals surface area contributed by atoms with Gasteiger partial charge in [0, 0.05) is 17.8 Å². The van der Waals surface area contributed by atoms with Gasteiger partial charge in [-0.25, -0.2) is 0 Å². The maximum Gasteiger partial charge on any atom is 0.0892 e. The van der Waals surface area contributed by atoms with Crippen LogP contribution in [0.4, 0.5) is 0 Å². The van der Waals surface area contributed by atoms with Crippen LogP contribution in [0.25, 0.3) is 66.0 Å². The molecule has 2 heteroatoms. The Labute approximate surface area is 227 Å². The Hall–Kier alpha value is -4.82. The number of fused-ring (bicyclic) bond motifs is 10. The third-order valence-corrected chi connectivity index (χ3v) is 8.52. The van der Waals surface area contributed by atoms with Gasteiger partial charge >= 0.3 is 0 Å². The fourth-order valence-electron chi connectivity index (χ4n) is 6.81. The van der Waals surface area contributed by atoms with Gasteiger partial charge in [0.05, 0.1) is 11.4 Å². The number of rotatable bonds is 2. The molecule has 1 aliphatic rings. The van der Waals surface area contributed by atoms with E-state index < -0.39 is 0 Å². The van der Waals surface area contributed by atoms with Crippen molar-refractivity contribution in [1.82, 2.24) is 9.97 Å². The smallest absolute Gasteiger partial charge is 0.0892 e. The minimum absolute atomic E-state index is 0.163. The SMILES string of the molecule is CC1(C)c2cc(-c3ccnc(-c4ccccn4)c3)c3ccccc3c2-c2c1c1ccccc1c1ccccc21. The highest BCUT2D eigenvalue weighted by molar-refractivity contribution is 6.22. The van der Waals surface area contributed by atoms with Gasteiger partial charge in [-0.15, -0.1) is 0 Å². The molecule has 8 rings (SSSR count). The number of hydrogen-bond acceptors (Lipinski definition) is 2. The third-order valence-electron chi connectivity index (χ3n) is 8.52. The summed E-state index contributed by atoms with van der Waals surface area (Å²) >= 11 is 0. The average Bonchev–Trinajstić information content (AvgIpc) is 3.24. The molecule has 184 valence electrons. The van der Waals surface area contributed by atoms with E-state index in [4.69, 9.17) is 0 Å². The van der Waals surface area contributed by atoms with Crippen LogP contribution < -0.4 is 0 Å². The van der Waals surface area contributed by atoms with Gasteiger partial charge in [-0.1, -0.05) is 92.7 Å². The number of aromatic nitrogens is 2. The molecular weight excluding hydrogens is 472 g/mol. The highest BCUT2D eigenvalue weighted by Crippen LogP contribution is 2.57. The van der Waals surface area contributed by atoms with Crippen LogP contribution in [0.15, 0.2) is 122 Å². The molecule has 0 saturated heterocycles.